The number of hydrogen-bond donors (Lipinski definition) is 1. The zero-order valence-electron chi connectivity index (χ0n) is 21.2. The minimum absolute atomic E-state index is 0.00715. The summed E-state index contributed by atoms with van der Waals surface area (Å²) in [6.45, 7) is -0.00843. The van der Waals surface area contributed by atoms with Gasteiger partial charge in [0.1, 0.15) is 24.6 Å². The molecular formula is C27H30F4N4O4. The first-order valence-electron chi connectivity index (χ1n) is 12.7. The van der Waals surface area contributed by atoms with E-state index in [2.05, 4.69) is 0 Å². The molecule has 0 aromatic heterocycles. The Hall–Kier alpha value is -3.67. The van der Waals surface area contributed by atoms with Crippen molar-refractivity contribution in [1.82, 2.24) is 14.7 Å². The van der Waals surface area contributed by atoms with Crippen LogP contribution < -0.4 is 5.73 Å². The molecule has 12 heteroatoms. The highest BCUT2D eigenvalue weighted by Crippen LogP contribution is 2.33. The predicted molar refractivity (Wildman–Crippen MR) is 132 cm³/mol. The number of rotatable bonds is 8. The molecule has 0 bridgehead atoms. The maximum atomic E-state index is 14.5. The Bertz CT molecular complexity index is 1190. The molecule has 0 radical (unpaired) electrons. The highest BCUT2D eigenvalue weighted by molar-refractivity contribution is 5.90. The van der Waals surface area contributed by atoms with E-state index in [4.69, 9.17) is 10.5 Å². The largest absolute Gasteiger partial charge is 0.444 e. The van der Waals surface area contributed by atoms with Crippen molar-refractivity contribution in [2.75, 3.05) is 19.6 Å². The molecule has 210 valence electrons. The Kier molecular flexibility index (Phi) is 8.73. The van der Waals surface area contributed by atoms with Gasteiger partial charge in [0.25, 0.3) is 0 Å². The van der Waals surface area contributed by atoms with Crippen LogP contribution >= 0.6 is 0 Å². The normalized spacial score (nSPS) is 19.8. The maximum absolute atomic E-state index is 14.5. The van der Waals surface area contributed by atoms with Gasteiger partial charge in [-0.15, -0.1) is 0 Å². The van der Waals surface area contributed by atoms with Gasteiger partial charge in [-0.2, -0.15) is 13.2 Å². The number of fused-ring (bicyclic) bond motifs is 1. The van der Waals surface area contributed by atoms with Crippen LogP contribution in [0.5, 0.6) is 0 Å². The Morgan fingerprint density at radius 2 is 1.79 bits per heavy atom. The number of carbonyl (C=O) groups excluding carboxylic acids is 3. The summed E-state index contributed by atoms with van der Waals surface area (Å²) < 4.78 is 58.9. The first-order chi connectivity index (χ1) is 18.6. The SMILES string of the molecule is NCCCC[C@H]1C(=O)N(Cc2ccccc2)C[C@@H]2N(C(=O)OCc3cccc(C(F)(F)F)c3F)CCC(=O)N21. The van der Waals surface area contributed by atoms with E-state index < -0.39 is 48.0 Å². The minimum Gasteiger partial charge on any atom is -0.444 e. The van der Waals surface area contributed by atoms with E-state index in [1.54, 1.807) is 4.90 Å². The van der Waals surface area contributed by atoms with Crippen molar-refractivity contribution in [3.63, 3.8) is 0 Å². The first kappa shape index (κ1) is 28.3. The Balaban J connectivity index is 1.55. The molecule has 2 aliphatic rings. The average molecular weight is 551 g/mol. The van der Waals surface area contributed by atoms with Crippen LogP contribution in [0.1, 0.15) is 42.4 Å². The van der Waals surface area contributed by atoms with Crippen LogP contribution in [0.4, 0.5) is 22.4 Å². The van der Waals surface area contributed by atoms with Gasteiger partial charge in [-0.05, 0) is 37.4 Å². The number of ether oxygens (including phenoxy) is 1. The van der Waals surface area contributed by atoms with Gasteiger partial charge < -0.3 is 20.3 Å². The fourth-order valence-electron chi connectivity index (χ4n) is 5.03. The molecule has 2 aromatic carbocycles. The highest BCUT2D eigenvalue weighted by Gasteiger charge is 2.48. The predicted octanol–water partition coefficient (Wildman–Crippen LogP) is 3.88. The van der Waals surface area contributed by atoms with E-state index in [1.807, 2.05) is 30.3 Å². The van der Waals surface area contributed by atoms with Crippen molar-refractivity contribution in [3.05, 3.63) is 71.0 Å². The van der Waals surface area contributed by atoms with Crippen molar-refractivity contribution in [2.24, 2.45) is 5.73 Å². The summed E-state index contributed by atoms with van der Waals surface area (Å²) in [5.74, 6) is -2.02. The fraction of sp³-hybridized carbons (Fsp3) is 0.444. The number of alkyl halides is 3. The van der Waals surface area contributed by atoms with E-state index in [-0.39, 0.29) is 37.9 Å². The van der Waals surface area contributed by atoms with E-state index in [9.17, 15) is 31.9 Å². The molecule has 39 heavy (non-hydrogen) atoms. The molecule has 2 atom stereocenters. The van der Waals surface area contributed by atoms with Crippen molar-refractivity contribution < 1.29 is 36.7 Å². The third-order valence-corrected chi connectivity index (χ3v) is 6.97. The molecule has 2 aromatic rings. The number of amides is 3. The third-order valence-electron chi connectivity index (χ3n) is 6.97. The molecule has 4 rings (SSSR count). The van der Waals surface area contributed by atoms with E-state index in [0.717, 1.165) is 17.7 Å². The summed E-state index contributed by atoms with van der Waals surface area (Å²) >= 11 is 0. The monoisotopic (exact) mass is 550 g/mol. The van der Waals surface area contributed by atoms with E-state index >= 15 is 0 Å². The molecule has 2 fully saturated rings. The number of piperazine rings is 1. The molecular weight excluding hydrogens is 520 g/mol. The van der Waals surface area contributed by atoms with E-state index in [0.29, 0.717) is 31.9 Å². The second kappa shape index (κ2) is 12.0. The molecule has 3 amide bonds. The topological polar surface area (TPSA) is 96.2 Å². The quantitative estimate of drug-likeness (QED) is 0.398. The second-order valence-corrected chi connectivity index (χ2v) is 9.56. The van der Waals surface area contributed by atoms with Gasteiger partial charge in [0.15, 0.2) is 0 Å². The molecule has 8 nitrogen and oxygen atoms in total. The number of unbranched alkanes of at least 4 members (excludes halogenated alkanes) is 1. The zero-order chi connectivity index (χ0) is 28.2. The number of nitrogens with two attached hydrogens (primary N) is 1. The smallest absolute Gasteiger partial charge is 0.419 e. The summed E-state index contributed by atoms with van der Waals surface area (Å²) in [5, 5.41) is 0. The number of hydrogen-bond acceptors (Lipinski definition) is 5. The Labute approximate surface area is 223 Å². The molecule has 0 unspecified atom stereocenters. The molecule has 2 saturated heterocycles. The van der Waals surface area contributed by atoms with Gasteiger partial charge in [0, 0.05) is 25.1 Å². The summed E-state index contributed by atoms with van der Waals surface area (Å²) in [6.07, 6.45) is -5.08. The fourth-order valence-corrected chi connectivity index (χ4v) is 5.03. The number of nitrogens with zero attached hydrogens (tertiary/aromatic N) is 3. The molecule has 0 saturated carbocycles. The van der Waals surface area contributed by atoms with E-state index in [1.165, 1.54) is 9.80 Å². The molecule has 2 N–H and O–H groups in total. The Morgan fingerprint density at radius 3 is 2.49 bits per heavy atom. The van der Waals surface area contributed by atoms with Crippen molar-refractivity contribution >= 4 is 17.9 Å². The van der Waals surface area contributed by atoms with Crippen LogP contribution in [0.2, 0.25) is 0 Å². The summed E-state index contributed by atoms with van der Waals surface area (Å²) in [6, 6.07) is 11.2. The first-order valence-corrected chi connectivity index (χ1v) is 12.7. The number of benzene rings is 2. The van der Waals surface area contributed by atoms with Crippen LogP contribution in [-0.2, 0) is 33.7 Å². The molecule has 2 aliphatic heterocycles. The summed E-state index contributed by atoms with van der Waals surface area (Å²) in [7, 11) is 0. The molecule has 0 aliphatic carbocycles. The second-order valence-electron chi connectivity index (χ2n) is 9.56. The van der Waals surface area contributed by atoms with Gasteiger partial charge >= 0.3 is 12.3 Å². The lowest BCUT2D eigenvalue weighted by Crippen LogP contribution is -2.71. The zero-order valence-corrected chi connectivity index (χ0v) is 21.2. The highest BCUT2D eigenvalue weighted by atomic mass is 19.4. The van der Waals surface area contributed by atoms with Gasteiger partial charge in [-0.1, -0.05) is 42.5 Å². The molecule has 0 spiro atoms. The Morgan fingerprint density at radius 1 is 1.05 bits per heavy atom. The molecule has 2 heterocycles. The summed E-state index contributed by atoms with van der Waals surface area (Å²) in [5.41, 5.74) is 4.62. The van der Waals surface area contributed by atoms with Crippen LogP contribution in [0.25, 0.3) is 0 Å². The van der Waals surface area contributed by atoms with Crippen LogP contribution in [-0.4, -0.2) is 64.4 Å². The lowest BCUT2D eigenvalue weighted by molar-refractivity contribution is -0.169. The standard InChI is InChI=1S/C27H30F4N4O4/c28-24-19(9-6-10-20(24)27(29,30)31)17-39-26(38)34-14-12-23(36)35-21(11-4-5-13-32)25(37)33(16-22(34)35)15-18-7-2-1-3-8-18/h1-3,6-10,21-22H,4-5,11-17,32H2/t21-,22+/m0/s1. The minimum atomic E-state index is -4.90. The number of halogens is 4. The lowest BCUT2D eigenvalue weighted by Gasteiger charge is -2.52. The van der Waals surface area contributed by atoms with Gasteiger partial charge in [-0.3, -0.25) is 14.5 Å². The van der Waals surface area contributed by atoms with Gasteiger partial charge in [0.2, 0.25) is 11.8 Å². The maximum Gasteiger partial charge on any atom is 0.419 e. The van der Waals surface area contributed by atoms with Gasteiger partial charge in [-0.25, -0.2) is 9.18 Å². The van der Waals surface area contributed by atoms with Crippen molar-refractivity contribution in [1.29, 1.82) is 0 Å². The van der Waals surface area contributed by atoms with Gasteiger partial charge in [0.05, 0.1) is 12.1 Å². The summed E-state index contributed by atoms with van der Waals surface area (Å²) in [4.78, 5) is 43.9. The van der Waals surface area contributed by atoms with Crippen LogP contribution in [0.3, 0.4) is 0 Å². The third kappa shape index (κ3) is 6.32. The van der Waals surface area contributed by atoms with Crippen molar-refractivity contribution in [2.45, 2.75) is 57.2 Å². The van der Waals surface area contributed by atoms with Crippen molar-refractivity contribution in [3.8, 4) is 0 Å². The lowest BCUT2D eigenvalue weighted by atomic mass is 9.98. The average Bonchev–Trinajstić information content (AvgIpc) is 2.90. The van der Waals surface area contributed by atoms with Crippen LogP contribution in [0.15, 0.2) is 48.5 Å². The van der Waals surface area contributed by atoms with Crippen LogP contribution in [0, 0.1) is 5.82 Å². The number of carbonyl (C=O) groups is 3.